The second-order valence-corrected chi connectivity index (χ2v) is 8.14. The maximum Gasteiger partial charge on any atom is 0.263 e. The van der Waals surface area contributed by atoms with Gasteiger partial charge in [-0.15, -0.1) is 10.2 Å². The Kier molecular flexibility index (Phi) is 5.30. The third-order valence-electron chi connectivity index (χ3n) is 3.68. The average molecular weight is 382 g/mol. The number of ether oxygens (including phenoxy) is 1. The number of carbonyl (C=O) groups is 1. The second kappa shape index (κ2) is 7.46. The normalized spacial score (nSPS) is 15.2. The number of nitrogens with zero attached hydrogens (tertiary/aromatic N) is 3. The van der Waals surface area contributed by atoms with Gasteiger partial charge in [-0.1, -0.05) is 24.3 Å². The zero-order valence-electron chi connectivity index (χ0n) is 13.6. The van der Waals surface area contributed by atoms with Crippen molar-refractivity contribution < 1.29 is 17.9 Å². The van der Waals surface area contributed by atoms with Gasteiger partial charge in [-0.25, -0.2) is 8.42 Å². The van der Waals surface area contributed by atoms with E-state index in [0.717, 1.165) is 5.01 Å². The highest BCUT2D eigenvalue weighted by Gasteiger charge is 2.22. The highest BCUT2D eigenvalue weighted by molar-refractivity contribution is 7.93. The fourth-order valence-electron chi connectivity index (χ4n) is 2.36. The van der Waals surface area contributed by atoms with Gasteiger partial charge in [0.1, 0.15) is 5.01 Å². The number of carbonyl (C=O) groups excluding carboxylic acids is 1. The van der Waals surface area contributed by atoms with Gasteiger partial charge in [0.25, 0.3) is 15.9 Å². The first-order valence-electron chi connectivity index (χ1n) is 7.82. The smallest absolute Gasteiger partial charge is 0.263 e. The standard InChI is InChI=1S/C15H18N4O4S2/c1-2-13-16-17-15(24-13)18-25(21,22)12-5-3-4-11(10-12)14(20)19-6-8-23-9-7-19/h3-5,10H,2,6-9H2,1H3,(H,17,18). The van der Waals surface area contributed by atoms with E-state index in [2.05, 4.69) is 14.9 Å². The SMILES string of the molecule is CCc1nnc(NS(=O)(=O)c2cccc(C(=O)N3CCOCC3)c2)s1. The number of aromatic nitrogens is 2. The third kappa shape index (κ3) is 4.14. The minimum Gasteiger partial charge on any atom is -0.378 e. The highest BCUT2D eigenvalue weighted by atomic mass is 32.2. The third-order valence-corrected chi connectivity index (χ3v) is 6.13. The molecule has 1 aliphatic heterocycles. The van der Waals surface area contributed by atoms with Crippen molar-refractivity contribution in [1.82, 2.24) is 15.1 Å². The minimum atomic E-state index is -3.83. The Morgan fingerprint density at radius 1 is 1.32 bits per heavy atom. The number of nitrogens with one attached hydrogen (secondary N) is 1. The van der Waals surface area contributed by atoms with Crippen molar-refractivity contribution in [1.29, 1.82) is 0 Å². The molecule has 0 atom stereocenters. The maximum atomic E-state index is 12.5. The zero-order chi connectivity index (χ0) is 17.9. The molecule has 25 heavy (non-hydrogen) atoms. The molecular weight excluding hydrogens is 364 g/mol. The first-order chi connectivity index (χ1) is 12.0. The van der Waals surface area contributed by atoms with Crippen LogP contribution >= 0.6 is 11.3 Å². The van der Waals surface area contributed by atoms with E-state index >= 15 is 0 Å². The second-order valence-electron chi connectivity index (χ2n) is 5.39. The van der Waals surface area contributed by atoms with E-state index in [0.29, 0.717) is 38.3 Å². The first-order valence-corrected chi connectivity index (χ1v) is 10.1. The van der Waals surface area contributed by atoms with E-state index in [1.54, 1.807) is 17.0 Å². The molecule has 1 aliphatic rings. The Balaban J connectivity index is 1.80. The molecule has 10 heteroatoms. The van der Waals surface area contributed by atoms with E-state index in [4.69, 9.17) is 4.74 Å². The lowest BCUT2D eigenvalue weighted by molar-refractivity contribution is 0.0302. The Hall–Kier alpha value is -2.04. The van der Waals surface area contributed by atoms with Crippen LogP contribution < -0.4 is 4.72 Å². The summed E-state index contributed by atoms with van der Waals surface area (Å²) in [6.07, 6.45) is 0.683. The number of rotatable bonds is 5. The van der Waals surface area contributed by atoms with Crippen LogP contribution in [0.25, 0.3) is 0 Å². The Morgan fingerprint density at radius 3 is 2.76 bits per heavy atom. The number of benzene rings is 1. The van der Waals surface area contributed by atoms with Crippen LogP contribution in [0.3, 0.4) is 0 Å². The molecule has 1 amide bonds. The van der Waals surface area contributed by atoms with Gasteiger partial charge >= 0.3 is 0 Å². The zero-order valence-corrected chi connectivity index (χ0v) is 15.3. The van der Waals surface area contributed by atoms with Gasteiger partial charge in [0.2, 0.25) is 5.13 Å². The van der Waals surface area contributed by atoms with Crippen molar-refractivity contribution in [3.63, 3.8) is 0 Å². The van der Waals surface area contributed by atoms with Gasteiger partial charge < -0.3 is 9.64 Å². The van der Waals surface area contributed by atoms with Crippen LogP contribution in [0, 0.1) is 0 Å². The average Bonchev–Trinajstić information content (AvgIpc) is 3.09. The number of anilines is 1. The molecule has 0 radical (unpaired) electrons. The number of hydrogen-bond acceptors (Lipinski definition) is 7. The molecule has 0 bridgehead atoms. The number of hydrogen-bond donors (Lipinski definition) is 1. The number of amides is 1. The minimum absolute atomic E-state index is 0.0138. The van der Waals surface area contributed by atoms with Crippen molar-refractivity contribution in [2.45, 2.75) is 18.2 Å². The van der Waals surface area contributed by atoms with Crippen LogP contribution in [0.5, 0.6) is 0 Å². The van der Waals surface area contributed by atoms with Crippen LogP contribution in [-0.2, 0) is 21.2 Å². The van der Waals surface area contributed by atoms with E-state index in [1.165, 1.54) is 23.5 Å². The molecule has 0 aliphatic carbocycles. The lowest BCUT2D eigenvalue weighted by Crippen LogP contribution is -2.40. The highest BCUT2D eigenvalue weighted by Crippen LogP contribution is 2.21. The number of morpholine rings is 1. The Bertz CT molecular complexity index is 860. The first kappa shape index (κ1) is 17.8. The van der Waals surface area contributed by atoms with Crippen molar-refractivity contribution in [3.8, 4) is 0 Å². The fraction of sp³-hybridized carbons (Fsp3) is 0.400. The quantitative estimate of drug-likeness (QED) is 0.838. The lowest BCUT2D eigenvalue weighted by Gasteiger charge is -2.27. The largest absolute Gasteiger partial charge is 0.378 e. The molecule has 0 unspecified atom stereocenters. The number of sulfonamides is 1. The van der Waals surface area contributed by atoms with Crippen LogP contribution in [0.2, 0.25) is 0 Å². The predicted molar refractivity (Wildman–Crippen MR) is 93.3 cm³/mol. The Morgan fingerprint density at radius 2 is 2.08 bits per heavy atom. The van der Waals surface area contributed by atoms with Crippen LogP contribution in [0.4, 0.5) is 5.13 Å². The Labute approximate surface area is 149 Å². The molecule has 8 nitrogen and oxygen atoms in total. The topological polar surface area (TPSA) is 101 Å². The van der Waals surface area contributed by atoms with Gasteiger partial charge in [-0.05, 0) is 24.6 Å². The van der Waals surface area contributed by atoms with Crippen LogP contribution in [-0.4, -0.2) is 55.7 Å². The summed E-state index contributed by atoms with van der Waals surface area (Å²) in [5.41, 5.74) is 0.330. The summed E-state index contributed by atoms with van der Waals surface area (Å²) < 4.78 is 32.7. The molecule has 1 aromatic heterocycles. The molecule has 2 aromatic rings. The van der Waals surface area contributed by atoms with Crippen molar-refractivity contribution in [2.24, 2.45) is 0 Å². The van der Waals surface area contributed by atoms with E-state index in [9.17, 15) is 13.2 Å². The summed E-state index contributed by atoms with van der Waals surface area (Å²) in [5.74, 6) is -0.204. The van der Waals surface area contributed by atoms with Crippen LogP contribution in [0.15, 0.2) is 29.2 Å². The van der Waals surface area contributed by atoms with E-state index in [1.807, 2.05) is 6.92 Å². The van der Waals surface area contributed by atoms with Crippen molar-refractivity contribution in [3.05, 3.63) is 34.8 Å². The summed E-state index contributed by atoms with van der Waals surface area (Å²) in [5, 5.41) is 8.66. The molecular formula is C15H18N4O4S2. The molecule has 1 aromatic carbocycles. The summed E-state index contributed by atoms with van der Waals surface area (Å²) in [6, 6.07) is 5.98. The molecule has 0 saturated carbocycles. The summed E-state index contributed by atoms with van der Waals surface area (Å²) >= 11 is 1.19. The van der Waals surface area contributed by atoms with Gasteiger partial charge in [0.15, 0.2) is 0 Å². The monoisotopic (exact) mass is 382 g/mol. The van der Waals surface area contributed by atoms with Gasteiger partial charge in [-0.2, -0.15) is 0 Å². The van der Waals surface area contributed by atoms with Gasteiger partial charge in [0.05, 0.1) is 18.1 Å². The van der Waals surface area contributed by atoms with Crippen LogP contribution in [0.1, 0.15) is 22.3 Å². The maximum absolute atomic E-state index is 12.5. The lowest BCUT2D eigenvalue weighted by atomic mass is 10.2. The van der Waals surface area contributed by atoms with Crippen molar-refractivity contribution >= 4 is 32.4 Å². The molecule has 1 N–H and O–H groups in total. The van der Waals surface area contributed by atoms with Gasteiger partial charge in [-0.3, -0.25) is 9.52 Å². The van der Waals surface area contributed by atoms with Gasteiger partial charge in [0, 0.05) is 18.7 Å². The fourth-order valence-corrected chi connectivity index (χ4v) is 4.31. The summed E-state index contributed by atoms with van der Waals surface area (Å²) in [6.45, 7) is 3.89. The number of aryl methyl sites for hydroxylation is 1. The molecule has 3 rings (SSSR count). The predicted octanol–water partition coefficient (Wildman–Crippen LogP) is 1.37. The summed E-state index contributed by atoms with van der Waals surface area (Å²) in [7, 11) is -3.83. The van der Waals surface area contributed by atoms with E-state index < -0.39 is 10.0 Å². The molecule has 0 spiro atoms. The molecule has 134 valence electrons. The molecule has 1 saturated heterocycles. The molecule has 2 heterocycles. The summed E-state index contributed by atoms with van der Waals surface area (Å²) in [4.78, 5) is 14.2. The molecule has 1 fully saturated rings. The van der Waals surface area contributed by atoms with Crippen molar-refractivity contribution in [2.75, 3.05) is 31.0 Å². The van der Waals surface area contributed by atoms with E-state index in [-0.39, 0.29) is 15.9 Å².